The second-order valence-electron chi connectivity index (χ2n) is 14.3. The van der Waals surface area contributed by atoms with Gasteiger partial charge in [-0.1, -0.05) is 44.2 Å². The highest BCUT2D eigenvalue weighted by Crippen LogP contribution is 2.67. The summed E-state index contributed by atoms with van der Waals surface area (Å²) in [4.78, 5) is 55.8. The molecule has 3 aromatic rings. The van der Waals surface area contributed by atoms with Crippen LogP contribution in [0.1, 0.15) is 77.5 Å². The minimum atomic E-state index is -1.37. The summed E-state index contributed by atoms with van der Waals surface area (Å²) >= 11 is 0. The summed E-state index contributed by atoms with van der Waals surface area (Å²) < 4.78 is 30.3. The van der Waals surface area contributed by atoms with Crippen LogP contribution in [-0.4, -0.2) is 52.4 Å². The van der Waals surface area contributed by atoms with E-state index in [2.05, 4.69) is 4.98 Å². The number of benzene rings is 1. The summed E-state index contributed by atoms with van der Waals surface area (Å²) in [6.45, 7) is 8.33. The van der Waals surface area contributed by atoms with Crippen LogP contribution >= 0.6 is 0 Å². The first-order valence-corrected chi connectivity index (χ1v) is 16.8. The van der Waals surface area contributed by atoms with Gasteiger partial charge in [-0.15, -0.1) is 0 Å². The first kappa shape index (κ1) is 34.4. The average Bonchev–Trinajstić information content (AvgIpc) is 3.05. The molecule has 1 aliphatic heterocycles. The Kier molecular flexibility index (Phi) is 9.17. The van der Waals surface area contributed by atoms with Crippen LogP contribution in [0.4, 0.5) is 0 Å². The van der Waals surface area contributed by atoms with E-state index in [0.717, 1.165) is 5.56 Å². The molecule has 0 radical (unpaired) electrons. The maximum Gasteiger partial charge on any atom is 0.345 e. The molecule has 1 N–H and O–H groups in total. The number of aliphatic hydroxyl groups excluding tert-OH is 1. The Balaban J connectivity index is 1.45. The number of aliphatic hydroxyl groups is 1. The lowest BCUT2D eigenvalue weighted by Crippen LogP contribution is -2.71. The number of ether oxygens (including phenoxy) is 4. The van der Waals surface area contributed by atoms with Crippen molar-refractivity contribution in [1.29, 1.82) is 0 Å². The van der Waals surface area contributed by atoms with E-state index in [4.69, 9.17) is 23.4 Å². The van der Waals surface area contributed by atoms with Gasteiger partial charge in [-0.25, -0.2) is 4.79 Å². The molecule has 49 heavy (non-hydrogen) atoms. The summed E-state index contributed by atoms with van der Waals surface area (Å²) in [5.41, 5.74) is -2.22. The summed E-state index contributed by atoms with van der Waals surface area (Å²) in [7, 11) is 0. The third-order valence-electron chi connectivity index (χ3n) is 11.2. The van der Waals surface area contributed by atoms with Crippen LogP contribution in [0.5, 0.6) is 5.75 Å². The number of hydrogen-bond acceptors (Lipinski definition) is 11. The Morgan fingerprint density at radius 3 is 2.43 bits per heavy atom. The van der Waals surface area contributed by atoms with Crippen molar-refractivity contribution in [2.45, 2.75) is 90.6 Å². The zero-order valence-electron chi connectivity index (χ0n) is 28.5. The van der Waals surface area contributed by atoms with Gasteiger partial charge < -0.3 is 28.5 Å². The van der Waals surface area contributed by atoms with Crippen molar-refractivity contribution in [2.24, 2.45) is 22.7 Å². The van der Waals surface area contributed by atoms with Gasteiger partial charge in [0.1, 0.15) is 41.5 Å². The highest BCUT2D eigenvalue weighted by Gasteiger charge is 2.71. The lowest BCUT2D eigenvalue weighted by molar-refractivity contribution is -0.271. The SMILES string of the molecule is CC(=O)OCC1(C)C2C[C@H](OC(=O)CCc3ccccc3)[C@@]3(C)Oc4cc(-c5cccnc5)oc(=O)c4[C@H](O)C3[C@@]2(C)CC[C@@H]1OC(C)=O. The van der Waals surface area contributed by atoms with Gasteiger partial charge in [0.25, 0.3) is 0 Å². The van der Waals surface area contributed by atoms with Gasteiger partial charge >= 0.3 is 23.5 Å². The summed E-state index contributed by atoms with van der Waals surface area (Å²) in [5.74, 6) is -2.23. The molecule has 0 spiro atoms. The predicted molar refractivity (Wildman–Crippen MR) is 176 cm³/mol. The zero-order valence-corrected chi connectivity index (χ0v) is 28.5. The number of pyridine rings is 1. The van der Waals surface area contributed by atoms with E-state index >= 15 is 0 Å². The first-order valence-electron chi connectivity index (χ1n) is 16.8. The zero-order chi connectivity index (χ0) is 35.1. The Morgan fingerprint density at radius 1 is 1.00 bits per heavy atom. The standard InChI is InChI=1S/C38H43NO10/c1-22(40)45-21-37(4)28-19-30(48-31(42)14-13-24-10-7-6-8-11-24)38(5)34(36(28,3)16-15-29(37)46-23(2)41)33(43)32-27(49-38)18-26(47-35(32)44)25-12-9-17-39-20-25/h6-12,17-18,20,28-30,33-34,43H,13-16,19,21H2,1-5H3/t28?,29-,30-,33-,34?,36-,37?,38+/m0/s1. The second kappa shape index (κ2) is 13.1. The van der Waals surface area contributed by atoms with Gasteiger partial charge in [0.2, 0.25) is 0 Å². The molecule has 6 rings (SSSR count). The molecule has 2 aromatic heterocycles. The van der Waals surface area contributed by atoms with Crippen molar-refractivity contribution in [1.82, 2.24) is 4.98 Å². The third-order valence-corrected chi connectivity index (χ3v) is 11.2. The van der Waals surface area contributed by atoms with Crippen molar-refractivity contribution in [3.8, 4) is 17.1 Å². The highest BCUT2D eigenvalue weighted by atomic mass is 16.6. The molecule has 2 aliphatic carbocycles. The van der Waals surface area contributed by atoms with Gasteiger partial charge in [0.15, 0.2) is 0 Å². The quantitative estimate of drug-likeness (QED) is 0.243. The molecule has 2 fully saturated rings. The van der Waals surface area contributed by atoms with Crippen LogP contribution < -0.4 is 10.4 Å². The van der Waals surface area contributed by atoms with Crippen LogP contribution in [0.15, 0.2) is 70.1 Å². The minimum absolute atomic E-state index is 0.0186. The lowest BCUT2D eigenvalue weighted by atomic mass is 9.42. The lowest BCUT2D eigenvalue weighted by Gasteiger charge is -2.66. The van der Waals surface area contributed by atoms with E-state index in [1.54, 1.807) is 30.6 Å². The molecule has 11 heteroatoms. The maximum absolute atomic E-state index is 13.6. The Bertz CT molecular complexity index is 1780. The molecular weight excluding hydrogens is 630 g/mol. The predicted octanol–water partition coefficient (Wildman–Crippen LogP) is 5.37. The van der Waals surface area contributed by atoms with Gasteiger partial charge in [0, 0.05) is 55.6 Å². The number of nitrogens with zero attached hydrogens (tertiary/aromatic N) is 1. The molecule has 1 aromatic carbocycles. The number of carbonyl (C=O) groups is 3. The van der Waals surface area contributed by atoms with Crippen molar-refractivity contribution in [3.63, 3.8) is 0 Å². The Hall–Kier alpha value is -4.51. The van der Waals surface area contributed by atoms with Crippen molar-refractivity contribution < 1.29 is 42.9 Å². The van der Waals surface area contributed by atoms with Crippen LogP contribution in [0.2, 0.25) is 0 Å². The van der Waals surface area contributed by atoms with E-state index in [1.165, 1.54) is 13.8 Å². The van der Waals surface area contributed by atoms with Crippen LogP contribution in [0.25, 0.3) is 11.3 Å². The Morgan fingerprint density at radius 2 is 1.76 bits per heavy atom. The van der Waals surface area contributed by atoms with Gasteiger partial charge in [-0.3, -0.25) is 19.4 Å². The fourth-order valence-electron chi connectivity index (χ4n) is 8.95. The molecule has 260 valence electrons. The number of aryl methyl sites for hydroxylation is 1. The van der Waals surface area contributed by atoms with Crippen molar-refractivity contribution in [3.05, 3.63) is 82.5 Å². The summed E-state index contributed by atoms with van der Waals surface area (Å²) in [6.07, 6.45) is 2.00. The molecule has 3 unspecified atom stereocenters. The van der Waals surface area contributed by atoms with E-state index in [9.17, 15) is 24.3 Å². The molecule has 8 atom stereocenters. The molecule has 0 saturated heterocycles. The largest absolute Gasteiger partial charge is 0.482 e. The van der Waals surface area contributed by atoms with Gasteiger partial charge in [-0.05, 0) is 61.6 Å². The smallest absolute Gasteiger partial charge is 0.345 e. The van der Waals surface area contributed by atoms with Crippen molar-refractivity contribution >= 4 is 17.9 Å². The van der Waals surface area contributed by atoms with Gasteiger partial charge in [-0.2, -0.15) is 0 Å². The number of carbonyl (C=O) groups excluding carboxylic acids is 3. The third kappa shape index (κ3) is 6.24. The van der Waals surface area contributed by atoms with Crippen LogP contribution in [0.3, 0.4) is 0 Å². The fourth-order valence-corrected chi connectivity index (χ4v) is 8.95. The Labute approximate surface area is 284 Å². The van der Waals surface area contributed by atoms with E-state index < -0.39 is 70.1 Å². The number of esters is 3. The summed E-state index contributed by atoms with van der Waals surface area (Å²) in [6, 6.07) is 14.6. The molecule has 0 bridgehead atoms. The average molecular weight is 674 g/mol. The molecule has 2 saturated carbocycles. The topological polar surface area (TPSA) is 151 Å². The highest BCUT2D eigenvalue weighted by molar-refractivity contribution is 5.70. The molecular formula is C38H43NO10. The molecule has 11 nitrogen and oxygen atoms in total. The number of rotatable bonds is 8. The van der Waals surface area contributed by atoms with E-state index in [-0.39, 0.29) is 36.5 Å². The van der Waals surface area contributed by atoms with E-state index in [1.807, 2.05) is 51.1 Å². The van der Waals surface area contributed by atoms with Gasteiger partial charge in [0.05, 0.1) is 6.10 Å². The van der Waals surface area contributed by atoms with E-state index in [0.29, 0.717) is 24.8 Å². The minimum Gasteiger partial charge on any atom is -0.482 e. The number of hydrogen-bond donors (Lipinski definition) is 1. The van der Waals surface area contributed by atoms with Crippen LogP contribution in [0, 0.1) is 22.7 Å². The molecule has 0 amide bonds. The maximum atomic E-state index is 13.6. The molecule has 3 heterocycles. The summed E-state index contributed by atoms with van der Waals surface area (Å²) in [5, 5.41) is 12.3. The number of aromatic nitrogens is 1. The molecule has 3 aliphatic rings. The normalized spacial score (nSPS) is 31.6. The van der Waals surface area contributed by atoms with Crippen molar-refractivity contribution in [2.75, 3.05) is 6.61 Å². The van der Waals surface area contributed by atoms with Crippen LogP contribution in [-0.2, 0) is 35.0 Å². The fraction of sp³-hybridized carbons (Fsp3) is 0.500. The first-order chi connectivity index (χ1) is 23.3. The second-order valence-corrected chi connectivity index (χ2v) is 14.3. The number of fused-ring (bicyclic) bond motifs is 4. The monoisotopic (exact) mass is 673 g/mol.